The number of aromatic nitrogens is 5. The lowest BCUT2D eigenvalue weighted by molar-refractivity contribution is 0.0979. The molecule has 0 bridgehead atoms. The minimum Gasteiger partial charge on any atom is -0.306 e. The van der Waals surface area contributed by atoms with Crippen molar-refractivity contribution in [2.75, 3.05) is 0 Å². The van der Waals surface area contributed by atoms with Gasteiger partial charge in [-0.25, -0.2) is 14.6 Å². The maximum atomic E-state index is 12.4. The first-order chi connectivity index (χ1) is 17.5. The number of benzene rings is 2. The van der Waals surface area contributed by atoms with Crippen molar-refractivity contribution in [1.29, 1.82) is 0 Å². The smallest absolute Gasteiger partial charge is 0.174 e. The molecule has 5 rings (SSSR count). The van der Waals surface area contributed by atoms with E-state index in [0.717, 1.165) is 66.4 Å². The first-order valence-electron chi connectivity index (χ1n) is 12.9. The largest absolute Gasteiger partial charge is 0.306 e. The molecule has 0 N–H and O–H groups in total. The number of aryl methyl sites for hydroxylation is 3. The molecule has 0 radical (unpaired) electrons. The van der Waals surface area contributed by atoms with Gasteiger partial charge in [0.2, 0.25) is 0 Å². The van der Waals surface area contributed by atoms with Crippen molar-refractivity contribution in [2.45, 2.75) is 65.3 Å². The lowest BCUT2D eigenvalue weighted by Crippen LogP contribution is -2.18. The molecule has 0 saturated heterocycles. The summed E-state index contributed by atoms with van der Waals surface area (Å²) in [6.07, 6.45) is 12.7. The summed E-state index contributed by atoms with van der Waals surface area (Å²) in [7, 11) is 0. The van der Waals surface area contributed by atoms with Crippen LogP contribution in [0.25, 0.3) is 17.8 Å². The van der Waals surface area contributed by atoms with E-state index in [2.05, 4.69) is 59.8 Å². The van der Waals surface area contributed by atoms with Crippen molar-refractivity contribution in [1.82, 2.24) is 24.3 Å². The lowest BCUT2D eigenvalue weighted by Gasteiger charge is -2.22. The quantitative estimate of drug-likeness (QED) is 0.269. The minimum atomic E-state index is 0.202. The van der Waals surface area contributed by atoms with Gasteiger partial charge in [0, 0.05) is 36.3 Å². The van der Waals surface area contributed by atoms with Gasteiger partial charge in [-0.1, -0.05) is 49.8 Å². The second kappa shape index (κ2) is 10.4. The Morgan fingerprint density at radius 1 is 1.11 bits per heavy atom. The SMILES string of the molecule is CCCCC(=O)c1ccc([C@H]2CCCn3nc(/C=C/c4ccc(-n5cnc(C)c5)c(C)c4)nc32)cc1. The van der Waals surface area contributed by atoms with Gasteiger partial charge in [0.25, 0.3) is 0 Å². The van der Waals surface area contributed by atoms with Crippen LogP contribution in [0.1, 0.15) is 89.3 Å². The number of fused-ring (bicyclic) bond motifs is 1. The van der Waals surface area contributed by atoms with Gasteiger partial charge in [-0.15, -0.1) is 0 Å². The Morgan fingerprint density at radius 3 is 2.67 bits per heavy atom. The van der Waals surface area contributed by atoms with Crippen LogP contribution in [0.4, 0.5) is 0 Å². The second-order valence-electron chi connectivity index (χ2n) is 9.70. The number of ketones is 1. The average Bonchev–Trinajstić information content (AvgIpc) is 3.52. The monoisotopic (exact) mass is 479 g/mol. The molecular weight excluding hydrogens is 446 g/mol. The number of carbonyl (C=O) groups excluding carboxylic acids is 1. The molecule has 1 atom stereocenters. The zero-order valence-electron chi connectivity index (χ0n) is 21.3. The van der Waals surface area contributed by atoms with E-state index in [1.807, 2.05) is 42.3 Å². The molecule has 184 valence electrons. The van der Waals surface area contributed by atoms with E-state index >= 15 is 0 Å². The van der Waals surface area contributed by atoms with Crippen LogP contribution in [0.5, 0.6) is 0 Å². The van der Waals surface area contributed by atoms with Crippen molar-refractivity contribution >= 4 is 17.9 Å². The van der Waals surface area contributed by atoms with Crippen LogP contribution in [0.15, 0.2) is 55.0 Å². The summed E-state index contributed by atoms with van der Waals surface area (Å²) in [5, 5.41) is 4.76. The molecule has 0 fully saturated rings. The summed E-state index contributed by atoms with van der Waals surface area (Å²) in [5.74, 6) is 2.17. The van der Waals surface area contributed by atoms with Gasteiger partial charge < -0.3 is 4.57 Å². The highest BCUT2D eigenvalue weighted by Crippen LogP contribution is 2.32. The number of Topliss-reactive ketones (excluding diaryl/α,β-unsaturated/α-hetero) is 1. The zero-order chi connectivity index (χ0) is 25.1. The fourth-order valence-electron chi connectivity index (χ4n) is 4.93. The molecule has 2 aromatic heterocycles. The van der Waals surface area contributed by atoms with Crippen molar-refractivity contribution in [2.24, 2.45) is 0 Å². The number of carbonyl (C=O) groups is 1. The number of rotatable bonds is 8. The summed E-state index contributed by atoms with van der Waals surface area (Å²) in [5.41, 5.74) is 6.43. The van der Waals surface area contributed by atoms with Gasteiger partial charge in [-0.05, 0) is 68.0 Å². The maximum Gasteiger partial charge on any atom is 0.174 e. The second-order valence-corrected chi connectivity index (χ2v) is 9.70. The average molecular weight is 480 g/mol. The lowest BCUT2D eigenvalue weighted by atomic mass is 9.90. The van der Waals surface area contributed by atoms with Crippen LogP contribution in [-0.4, -0.2) is 30.1 Å². The first-order valence-corrected chi connectivity index (χ1v) is 12.9. The molecule has 0 aliphatic carbocycles. The van der Waals surface area contributed by atoms with Crippen molar-refractivity contribution in [3.63, 3.8) is 0 Å². The van der Waals surface area contributed by atoms with E-state index < -0.39 is 0 Å². The van der Waals surface area contributed by atoms with Gasteiger partial charge in [-0.2, -0.15) is 5.10 Å². The molecule has 0 unspecified atom stereocenters. The summed E-state index contributed by atoms with van der Waals surface area (Å²) in [4.78, 5) is 21.6. The Bertz CT molecular complexity index is 1390. The number of hydrogen-bond donors (Lipinski definition) is 0. The molecule has 4 aromatic rings. The van der Waals surface area contributed by atoms with E-state index in [4.69, 9.17) is 10.1 Å². The molecule has 0 spiro atoms. The van der Waals surface area contributed by atoms with Crippen LogP contribution in [0.3, 0.4) is 0 Å². The van der Waals surface area contributed by atoms with Crippen LogP contribution in [0, 0.1) is 13.8 Å². The molecule has 0 amide bonds. The minimum absolute atomic E-state index is 0.202. The van der Waals surface area contributed by atoms with Gasteiger partial charge in [-0.3, -0.25) is 4.79 Å². The molecule has 1 aliphatic heterocycles. The van der Waals surface area contributed by atoms with Crippen LogP contribution in [0.2, 0.25) is 0 Å². The molecule has 6 nitrogen and oxygen atoms in total. The molecular formula is C30H33N5O. The highest BCUT2D eigenvalue weighted by molar-refractivity contribution is 5.96. The summed E-state index contributed by atoms with van der Waals surface area (Å²) < 4.78 is 4.10. The van der Waals surface area contributed by atoms with Gasteiger partial charge in [0.15, 0.2) is 11.6 Å². The van der Waals surface area contributed by atoms with E-state index in [1.54, 1.807) is 0 Å². The molecule has 0 saturated carbocycles. The topological polar surface area (TPSA) is 65.6 Å². The first kappa shape index (κ1) is 23.9. The Labute approximate surface area is 212 Å². The Balaban J connectivity index is 1.33. The fraction of sp³-hybridized carbons (Fsp3) is 0.333. The number of unbranched alkanes of at least 4 members (excludes halogenated alkanes) is 1. The van der Waals surface area contributed by atoms with E-state index in [1.165, 1.54) is 11.1 Å². The number of nitrogens with zero attached hydrogens (tertiary/aromatic N) is 5. The van der Waals surface area contributed by atoms with E-state index in [9.17, 15) is 4.79 Å². The predicted molar refractivity (Wildman–Crippen MR) is 143 cm³/mol. The Kier molecular flexibility index (Phi) is 6.94. The third kappa shape index (κ3) is 5.08. The molecule has 2 aromatic carbocycles. The van der Waals surface area contributed by atoms with Crippen LogP contribution < -0.4 is 0 Å². The van der Waals surface area contributed by atoms with Gasteiger partial charge in [0.1, 0.15) is 5.82 Å². The zero-order valence-corrected chi connectivity index (χ0v) is 21.3. The third-order valence-electron chi connectivity index (χ3n) is 6.92. The highest BCUT2D eigenvalue weighted by atomic mass is 16.1. The highest BCUT2D eigenvalue weighted by Gasteiger charge is 2.25. The van der Waals surface area contributed by atoms with Crippen LogP contribution in [-0.2, 0) is 6.54 Å². The van der Waals surface area contributed by atoms with Gasteiger partial charge in [0.05, 0.1) is 12.0 Å². The summed E-state index contributed by atoms with van der Waals surface area (Å²) >= 11 is 0. The normalized spacial score (nSPS) is 15.4. The number of hydrogen-bond acceptors (Lipinski definition) is 4. The molecule has 36 heavy (non-hydrogen) atoms. The summed E-state index contributed by atoms with van der Waals surface area (Å²) in [6.45, 7) is 7.11. The van der Waals surface area contributed by atoms with Gasteiger partial charge >= 0.3 is 0 Å². The standard InChI is InChI=1S/C30H33N5O/c1-4-5-8-28(36)25-13-11-24(12-14-25)26-7-6-17-35-30(26)32-29(33-35)16-10-23-9-15-27(21(2)18-23)34-19-22(3)31-20-34/h9-16,18-20,26H,4-8,17H2,1-3H3/b16-10+/t26-/m1/s1. The van der Waals surface area contributed by atoms with E-state index in [-0.39, 0.29) is 11.7 Å². The predicted octanol–water partition coefficient (Wildman–Crippen LogP) is 6.55. The van der Waals surface area contributed by atoms with Crippen molar-refractivity contribution in [3.05, 3.63) is 94.6 Å². The Hall–Kier alpha value is -3.80. The molecule has 6 heteroatoms. The van der Waals surface area contributed by atoms with E-state index in [0.29, 0.717) is 6.42 Å². The number of imidazole rings is 1. The van der Waals surface area contributed by atoms with Crippen LogP contribution >= 0.6 is 0 Å². The summed E-state index contributed by atoms with van der Waals surface area (Å²) in [6, 6.07) is 14.5. The van der Waals surface area contributed by atoms with Crippen molar-refractivity contribution in [3.8, 4) is 5.69 Å². The molecule has 3 heterocycles. The van der Waals surface area contributed by atoms with Crippen molar-refractivity contribution < 1.29 is 4.79 Å². The maximum absolute atomic E-state index is 12.4. The molecule has 1 aliphatic rings. The third-order valence-corrected chi connectivity index (χ3v) is 6.92. The Morgan fingerprint density at radius 2 is 1.94 bits per heavy atom. The fourth-order valence-corrected chi connectivity index (χ4v) is 4.93.